The molecule has 1 saturated heterocycles. The Labute approximate surface area is 163 Å². The maximum absolute atomic E-state index is 13.1. The van der Waals surface area contributed by atoms with Gasteiger partial charge in [-0.25, -0.2) is 12.8 Å². The minimum Gasteiger partial charge on any atom is -0.345 e. The number of hydrogen-bond acceptors (Lipinski definition) is 3. The van der Waals surface area contributed by atoms with Crippen molar-refractivity contribution in [2.45, 2.75) is 24.7 Å². The first-order valence-electron chi connectivity index (χ1n) is 8.61. The van der Waals surface area contributed by atoms with Crippen LogP contribution in [0, 0.1) is 11.7 Å². The Kier molecular flexibility index (Phi) is 5.60. The summed E-state index contributed by atoms with van der Waals surface area (Å²) < 4.78 is 41.8. The normalized spacial score (nSPS) is 18.4. The topological polar surface area (TPSA) is 71.4 Å². The van der Waals surface area contributed by atoms with Crippen LogP contribution in [-0.4, -0.2) is 36.3 Å². The summed E-state index contributed by atoms with van der Waals surface area (Å²) >= 11 is 5.93. The molecule has 9 heteroatoms. The van der Waals surface area contributed by atoms with E-state index in [0.29, 0.717) is 19.0 Å². The summed E-state index contributed by atoms with van der Waals surface area (Å²) in [6, 6.07) is 4.97. The first kappa shape index (κ1) is 19.9. The SMILES string of the molecule is CC1CCCN(S(=O)(=O)c2cc(C(=O)Nc3ccc(F)cc3Cl)n(C)c2)C1. The third kappa shape index (κ3) is 4.17. The average Bonchev–Trinajstić information content (AvgIpc) is 3.00. The number of anilines is 1. The predicted molar refractivity (Wildman–Crippen MR) is 102 cm³/mol. The van der Waals surface area contributed by atoms with Crippen molar-refractivity contribution in [3.05, 3.63) is 47.0 Å². The van der Waals surface area contributed by atoms with Gasteiger partial charge in [0.1, 0.15) is 16.4 Å². The van der Waals surface area contributed by atoms with E-state index in [1.54, 1.807) is 7.05 Å². The van der Waals surface area contributed by atoms with Gasteiger partial charge in [0.25, 0.3) is 5.91 Å². The first-order chi connectivity index (χ1) is 12.7. The second-order valence-electron chi connectivity index (χ2n) is 6.86. The van der Waals surface area contributed by atoms with Gasteiger partial charge in [-0.15, -0.1) is 0 Å². The van der Waals surface area contributed by atoms with Gasteiger partial charge in [-0.3, -0.25) is 4.79 Å². The number of aromatic nitrogens is 1. The van der Waals surface area contributed by atoms with Crippen molar-refractivity contribution in [2.75, 3.05) is 18.4 Å². The lowest BCUT2D eigenvalue weighted by atomic mass is 10.0. The molecule has 1 amide bonds. The number of benzene rings is 1. The third-order valence-electron chi connectivity index (χ3n) is 4.65. The molecule has 146 valence electrons. The maximum Gasteiger partial charge on any atom is 0.272 e. The second kappa shape index (κ2) is 7.61. The average molecular weight is 414 g/mol. The van der Waals surface area contributed by atoms with E-state index >= 15 is 0 Å². The highest BCUT2D eigenvalue weighted by Crippen LogP contribution is 2.26. The lowest BCUT2D eigenvalue weighted by Crippen LogP contribution is -2.38. The standard InChI is InChI=1S/C18H21ClFN3O3S/c1-12-4-3-7-23(10-12)27(25,26)14-9-17(22(2)11-14)18(24)21-16-6-5-13(20)8-15(16)19/h5-6,8-9,11-12H,3-4,7,10H2,1-2H3,(H,21,24). The lowest BCUT2D eigenvalue weighted by Gasteiger charge is -2.29. The van der Waals surface area contributed by atoms with Crippen molar-refractivity contribution in [3.8, 4) is 0 Å². The van der Waals surface area contributed by atoms with Crippen molar-refractivity contribution in [1.82, 2.24) is 8.87 Å². The number of carbonyl (C=O) groups excluding carboxylic acids is 1. The number of rotatable bonds is 4. The molecule has 1 aromatic heterocycles. The molecule has 0 aliphatic carbocycles. The lowest BCUT2D eigenvalue weighted by molar-refractivity contribution is 0.101. The van der Waals surface area contributed by atoms with Gasteiger partial charge in [0, 0.05) is 26.3 Å². The molecule has 2 aromatic rings. The van der Waals surface area contributed by atoms with E-state index < -0.39 is 21.7 Å². The molecule has 2 heterocycles. The summed E-state index contributed by atoms with van der Waals surface area (Å²) in [5.74, 6) is -0.735. The number of aryl methyl sites for hydroxylation is 1. The van der Waals surface area contributed by atoms with E-state index in [1.165, 1.54) is 33.3 Å². The maximum atomic E-state index is 13.1. The molecule has 0 spiro atoms. The van der Waals surface area contributed by atoms with Gasteiger partial charge in [-0.2, -0.15) is 4.31 Å². The summed E-state index contributed by atoms with van der Waals surface area (Å²) in [6.45, 7) is 2.98. The van der Waals surface area contributed by atoms with Gasteiger partial charge < -0.3 is 9.88 Å². The van der Waals surface area contributed by atoms with Crippen molar-refractivity contribution in [2.24, 2.45) is 13.0 Å². The summed E-state index contributed by atoms with van der Waals surface area (Å²) in [5.41, 5.74) is 0.414. The Balaban J connectivity index is 1.84. The molecule has 6 nitrogen and oxygen atoms in total. The molecule has 1 aromatic carbocycles. The summed E-state index contributed by atoms with van der Waals surface area (Å²) in [7, 11) is -2.06. The number of sulfonamides is 1. The molecular weight excluding hydrogens is 393 g/mol. The Hall–Kier alpha value is -1.90. The fraction of sp³-hybridized carbons (Fsp3) is 0.389. The Bertz CT molecular complexity index is 974. The van der Waals surface area contributed by atoms with E-state index in [0.717, 1.165) is 18.9 Å². The highest BCUT2D eigenvalue weighted by Gasteiger charge is 2.30. The third-order valence-corrected chi connectivity index (χ3v) is 6.79. The summed E-state index contributed by atoms with van der Waals surface area (Å²) in [4.78, 5) is 12.6. The molecule has 1 aliphatic rings. The Morgan fingerprint density at radius 2 is 2.07 bits per heavy atom. The molecule has 3 rings (SSSR count). The molecule has 0 radical (unpaired) electrons. The van der Waals surface area contributed by atoms with E-state index in [9.17, 15) is 17.6 Å². The second-order valence-corrected chi connectivity index (χ2v) is 9.21. The predicted octanol–water partition coefficient (Wildman–Crippen LogP) is 3.49. The fourth-order valence-electron chi connectivity index (χ4n) is 3.19. The van der Waals surface area contributed by atoms with Crippen molar-refractivity contribution in [3.63, 3.8) is 0 Å². The number of nitrogens with zero attached hydrogens (tertiary/aromatic N) is 2. The molecule has 1 N–H and O–H groups in total. The molecular formula is C18H21ClFN3O3S. The van der Waals surface area contributed by atoms with E-state index in [4.69, 9.17) is 11.6 Å². The van der Waals surface area contributed by atoms with Gasteiger partial charge in [0.05, 0.1) is 10.7 Å². The highest BCUT2D eigenvalue weighted by molar-refractivity contribution is 7.89. The van der Waals surface area contributed by atoms with Crippen LogP contribution < -0.4 is 5.32 Å². The highest BCUT2D eigenvalue weighted by atomic mass is 35.5. The molecule has 0 bridgehead atoms. The molecule has 1 unspecified atom stereocenters. The number of carbonyl (C=O) groups is 1. The Morgan fingerprint density at radius 1 is 1.33 bits per heavy atom. The van der Waals surface area contributed by atoms with Crippen LogP contribution in [0.4, 0.5) is 10.1 Å². The number of nitrogens with one attached hydrogen (secondary N) is 1. The van der Waals surface area contributed by atoms with Crippen LogP contribution in [0.3, 0.4) is 0 Å². The van der Waals surface area contributed by atoms with Crippen LogP contribution in [0.15, 0.2) is 35.4 Å². The summed E-state index contributed by atoms with van der Waals surface area (Å²) in [5, 5.41) is 2.64. The van der Waals surface area contributed by atoms with Gasteiger partial charge >= 0.3 is 0 Å². The zero-order valence-electron chi connectivity index (χ0n) is 15.1. The van der Waals surface area contributed by atoms with Crippen molar-refractivity contribution >= 4 is 33.2 Å². The minimum absolute atomic E-state index is 0.0627. The number of piperidine rings is 1. The molecule has 1 fully saturated rings. The number of amides is 1. The molecule has 27 heavy (non-hydrogen) atoms. The fourth-order valence-corrected chi connectivity index (χ4v) is 5.08. The monoisotopic (exact) mass is 413 g/mol. The van der Waals surface area contributed by atoms with Gasteiger partial charge in [-0.1, -0.05) is 18.5 Å². The molecule has 1 aliphatic heterocycles. The Morgan fingerprint density at radius 3 is 2.74 bits per heavy atom. The van der Waals surface area contributed by atoms with Crippen LogP contribution in [0.5, 0.6) is 0 Å². The van der Waals surface area contributed by atoms with Gasteiger partial charge in [0.2, 0.25) is 10.0 Å². The smallest absolute Gasteiger partial charge is 0.272 e. The van der Waals surface area contributed by atoms with Crippen LogP contribution in [0.2, 0.25) is 5.02 Å². The molecule has 1 atom stereocenters. The minimum atomic E-state index is -3.66. The largest absolute Gasteiger partial charge is 0.345 e. The van der Waals surface area contributed by atoms with Crippen LogP contribution in [0.1, 0.15) is 30.3 Å². The first-order valence-corrected chi connectivity index (χ1v) is 10.4. The molecule has 0 saturated carbocycles. The van der Waals surface area contributed by atoms with E-state index in [-0.39, 0.29) is 21.3 Å². The van der Waals surface area contributed by atoms with Crippen molar-refractivity contribution < 1.29 is 17.6 Å². The zero-order valence-corrected chi connectivity index (χ0v) is 16.6. The van der Waals surface area contributed by atoms with E-state index in [1.807, 2.05) is 6.92 Å². The van der Waals surface area contributed by atoms with Gasteiger partial charge in [0.15, 0.2) is 0 Å². The van der Waals surface area contributed by atoms with Crippen LogP contribution in [0.25, 0.3) is 0 Å². The van der Waals surface area contributed by atoms with Crippen LogP contribution >= 0.6 is 11.6 Å². The summed E-state index contributed by atoms with van der Waals surface area (Å²) in [6.07, 6.45) is 3.26. The van der Waals surface area contributed by atoms with Crippen molar-refractivity contribution in [1.29, 1.82) is 0 Å². The zero-order chi connectivity index (χ0) is 19.8. The number of hydrogen-bond donors (Lipinski definition) is 1. The van der Waals surface area contributed by atoms with Crippen LogP contribution in [-0.2, 0) is 17.1 Å². The quantitative estimate of drug-likeness (QED) is 0.833. The van der Waals surface area contributed by atoms with E-state index in [2.05, 4.69) is 5.32 Å². The number of halogens is 2. The van der Waals surface area contributed by atoms with Gasteiger partial charge in [-0.05, 0) is 43.0 Å².